The van der Waals surface area contributed by atoms with Gasteiger partial charge < -0.3 is 15.2 Å². The first kappa shape index (κ1) is 16.0. The summed E-state index contributed by atoms with van der Waals surface area (Å²) in [6.07, 6.45) is 0.0132. The summed E-state index contributed by atoms with van der Waals surface area (Å²) < 4.78 is 5.42. The molecule has 2 N–H and O–H groups in total. The van der Waals surface area contributed by atoms with Crippen LogP contribution in [0.5, 0.6) is 5.75 Å². The number of hydrogen-bond acceptors (Lipinski definition) is 4. The summed E-state index contributed by atoms with van der Waals surface area (Å²) in [7, 11) is 1.71. The number of nitrogens with one attached hydrogen (secondary N) is 1. The number of ether oxygens (including phenoxy) is 1. The number of anilines is 1. The molecule has 1 aromatic carbocycles. The van der Waals surface area contributed by atoms with Gasteiger partial charge in [0.15, 0.2) is 0 Å². The standard InChI is InChI=1S/C14H20N2O4/c1-3-20-12-7-5-4-6-11(12)15-13(17)10-16(2)9-8-14(18)19/h4-7H,3,8-10H2,1-2H3,(H,15,17)(H,18,19). The second-order valence-electron chi connectivity index (χ2n) is 4.36. The van der Waals surface area contributed by atoms with E-state index in [4.69, 9.17) is 9.84 Å². The smallest absolute Gasteiger partial charge is 0.304 e. The van der Waals surface area contributed by atoms with Gasteiger partial charge >= 0.3 is 5.97 Å². The second kappa shape index (κ2) is 8.16. The van der Waals surface area contributed by atoms with E-state index >= 15 is 0 Å². The van der Waals surface area contributed by atoms with Gasteiger partial charge in [0.2, 0.25) is 5.91 Å². The summed E-state index contributed by atoms with van der Waals surface area (Å²) in [5.41, 5.74) is 0.617. The van der Waals surface area contributed by atoms with Crippen LogP contribution in [0.15, 0.2) is 24.3 Å². The van der Waals surface area contributed by atoms with Crippen molar-refractivity contribution in [1.29, 1.82) is 0 Å². The molecule has 0 aromatic heterocycles. The molecule has 110 valence electrons. The number of rotatable bonds is 8. The molecule has 1 rings (SSSR count). The molecule has 6 nitrogen and oxygen atoms in total. The van der Waals surface area contributed by atoms with Crippen molar-refractivity contribution in [3.05, 3.63) is 24.3 Å². The highest BCUT2D eigenvalue weighted by atomic mass is 16.5. The molecule has 0 saturated carbocycles. The molecule has 1 aromatic rings. The molecule has 0 radical (unpaired) electrons. The lowest BCUT2D eigenvalue weighted by Gasteiger charge is -2.16. The molecule has 20 heavy (non-hydrogen) atoms. The summed E-state index contributed by atoms with van der Waals surface area (Å²) in [4.78, 5) is 24.0. The minimum absolute atomic E-state index is 0.0132. The minimum Gasteiger partial charge on any atom is -0.492 e. The molecule has 0 bridgehead atoms. The van der Waals surface area contributed by atoms with Crippen LogP contribution in [0, 0.1) is 0 Å². The maximum absolute atomic E-state index is 11.9. The molecule has 0 unspecified atom stereocenters. The Morgan fingerprint density at radius 1 is 1.35 bits per heavy atom. The van der Waals surface area contributed by atoms with Crippen LogP contribution < -0.4 is 10.1 Å². The van der Waals surface area contributed by atoms with E-state index in [1.165, 1.54) is 0 Å². The lowest BCUT2D eigenvalue weighted by molar-refractivity contribution is -0.137. The van der Waals surface area contributed by atoms with E-state index in [-0.39, 0.29) is 18.9 Å². The summed E-state index contributed by atoms with van der Waals surface area (Å²) in [5.74, 6) is -0.458. The lowest BCUT2D eigenvalue weighted by Crippen LogP contribution is -2.31. The molecule has 0 spiro atoms. The first-order valence-corrected chi connectivity index (χ1v) is 6.45. The van der Waals surface area contributed by atoms with E-state index in [0.717, 1.165) is 0 Å². The Labute approximate surface area is 118 Å². The number of carbonyl (C=O) groups excluding carboxylic acids is 1. The van der Waals surface area contributed by atoms with Crippen LogP contribution in [-0.2, 0) is 9.59 Å². The number of likely N-dealkylation sites (N-methyl/N-ethyl adjacent to an activating group) is 1. The van der Waals surface area contributed by atoms with Gasteiger partial charge in [0.1, 0.15) is 5.75 Å². The lowest BCUT2D eigenvalue weighted by atomic mass is 10.3. The quantitative estimate of drug-likeness (QED) is 0.753. The number of aliphatic carboxylic acids is 1. The van der Waals surface area contributed by atoms with Crippen LogP contribution in [0.25, 0.3) is 0 Å². The topological polar surface area (TPSA) is 78.9 Å². The summed E-state index contributed by atoms with van der Waals surface area (Å²) in [5, 5.41) is 11.3. The van der Waals surface area contributed by atoms with Crippen molar-refractivity contribution in [2.24, 2.45) is 0 Å². The van der Waals surface area contributed by atoms with Gasteiger partial charge in [0.05, 0.1) is 25.3 Å². The van der Waals surface area contributed by atoms with Crippen molar-refractivity contribution in [2.75, 3.05) is 32.1 Å². The molecule has 6 heteroatoms. The number of hydrogen-bond donors (Lipinski definition) is 2. The fraction of sp³-hybridized carbons (Fsp3) is 0.429. The first-order chi connectivity index (χ1) is 9.52. The normalized spacial score (nSPS) is 10.3. The van der Waals surface area contributed by atoms with Crippen molar-refractivity contribution in [1.82, 2.24) is 4.90 Å². The van der Waals surface area contributed by atoms with Crippen molar-refractivity contribution in [3.63, 3.8) is 0 Å². The zero-order valence-electron chi connectivity index (χ0n) is 11.8. The molecule has 0 saturated heterocycles. The highest BCUT2D eigenvalue weighted by Crippen LogP contribution is 2.23. The van der Waals surface area contributed by atoms with Gasteiger partial charge in [-0.25, -0.2) is 0 Å². The zero-order valence-corrected chi connectivity index (χ0v) is 11.8. The molecule has 0 aliphatic heterocycles. The van der Waals surface area contributed by atoms with Gasteiger partial charge in [0.25, 0.3) is 0 Å². The summed E-state index contributed by atoms with van der Waals surface area (Å²) in [6, 6.07) is 7.19. The molecule has 1 amide bonds. The molecular weight excluding hydrogens is 260 g/mol. The van der Waals surface area contributed by atoms with Crippen LogP contribution >= 0.6 is 0 Å². The largest absolute Gasteiger partial charge is 0.492 e. The van der Waals surface area contributed by atoms with E-state index in [1.807, 2.05) is 19.1 Å². The number of carbonyl (C=O) groups is 2. The molecule has 0 heterocycles. The van der Waals surface area contributed by atoms with Gasteiger partial charge in [-0.1, -0.05) is 12.1 Å². The Morgan fingerprint density at radius 3 is 2.70 bits per heavy atom. The van der Waals surface area contributed by atoms with Gasteiger partial charge in [-0.15, -0.1) is 0 Å². The van der Waals surface area contributed by atoms with Gasteiger partial charge in [-0.05, 0) is 26.1 Å². The van der Waals surface area contributed by atoms with Crippen LogP contribution in [0.4, 0.5) is 5.69 Å². The maximum atomic E-state index is 11.9. The highest BCUT2D eigenvalue weighted by Gasteiger charge is 2.10. The van der Waals surface area contributed by atoms with Gasteiger partial charge in [-0.2, -0.15) is 0 Å². The number of benzene rings is 1. The third kappa shape index (κ3) is 5.71. The average Bonchev–Trinajstić information content (AvgIpc) is 2.39. The van der Waals surface area contributed by atoms with Crippen LogP contribution in [0.2, 0.25) is 0 Å². The number of carboxylic acids is 1. The number of para-hydroxylation sites is 2. The maximum Gasteiger partial charge on any atom is 0.304 e. The van der Waals surface area contributed by atoms with Crippen LogP contribution in [-0.4, -0.2) is 48.6 Å². The predicted octanol–water partition coefficient (Wildman–Crippen LogP) is 1.43. The SMILES string of the molecule is CCOc1ccccc1NC(=O)CN(C)CCC(=O)O. The number of amides is 1. The number of nitrogens with zero attached hydrogens (tertiary/aromatic N) is 1. The van der Waals surface area contributed by atoms with Gasteiger partial charge in [-0.3, -0.25) is 14.5 Å². The highest BCUT2D eigenvalue weighted by molar-refractivity contribution is 5.93. The molecule has 0 aliphatic carbocycles. The molecule has 0 aliphatic rings. The van der Waals surface area contributed by atoms with Crippen molar-refractivity contribution in [2.45, 2.75) is 13.3 Å². The first-order valence-electron chi connectivity index (χ1n) is 6.45. The van der Waals surface area contributed by atoms with E-state index in [9.17, 15) is 9.59 Å². The van der Waals surface area contributed by atoms with E-state index in [2.05, 4.69) is 5.32 Å². The monoisotopic (exact) mass is 280 g/mol. The fourth-order valence-electron chi connectivity index (χ4n) is 1.65. The third-order valence-electron chi connectivity index (χ3n) is 2.58. The van der Waals surface area contributed by atoms with Crippen molar-refractivity contribution in [3.8, 4) is 5.75 Å². The second-order valence-corrected chi connectivity index (χ2v) is 4.36. The van der Waals surface area contributed by atoms with E-state index in [1.54, 1.807) is 24.1 Å². The molecule has 0 atom stereocenters. The average molecular weight is 280 g/mol. The Balaban J connectivity index is 2.51. The summed E-state index contributed by atoms with van der Waals surface area (Å²) >= 11 is 0. The number of carboxylic acid groups (broad SMARTS) is 1. The minimum atomic E-state index is -0.876. The Kier molecular flexibility index (Phi) is 6.52. The molecule has 0 fully saturated rings. The van der Waals surface area contributed by atoms with Crippen LogP contribution in [0.3, 0.4) is 0 Å². The Hall–Kier alpha value is -2.08. The van der Waals surface area contributed by atoms with E-state index < -0.39 is 5.97 Å². The van der Waals surface area contributed by atoms with Crippen molar-refractivity contribution < 1.29 is 19.4 Å². The zero-order chi connectivity index (χ0) is 15.0. The molecular formula is C14H20N2O4. The Morgan fingerprint density at radius 2 is 2.05 bits per heavy atom. The summed E-state index contributed by atoms with van der Waals surface area (Å²) in [6.45, 7) is 2.85. The van der Waals surface area contributed by atoms with Crippen molar-refractivity contribution >= 4 is 17.6 Å². The van der Waals surface area contributed by atoms with Crippen LogP contribution in [0.1, 0.15) is 13.3 Å². The fourth-order valence-corrected chi connectivity index (χ4v) is 1.65. The Bertz CT molecular complexity index is 462. The van der Waals surface area contributed by atoms with E-state index in [0.29, 0.717) is 24.6 Å². The third-order valence-corrected chi connectivity index (χ3v) is 2.58. The van der Waals surface area contributed by atoms with Gasteiger partial charge in [0, 0.05) is 6.54 Å². The predicted molar refractivity (Wildman–Crippen MR) is 76.0 cm³/mol.